The maximum Gasteiger partial charge on any atom is 0.131 e. The van der Waals surface area contributed by atoms with E-state index < -0.39 is 0 Å². The third-order valence-electron chi connectivity index (χ3n) is 2.98. The fourth-order valence-electron chi connectivity index (χ4n) is 1.96. The van der Waals surface area contributed by atoms with E-state index in [4.69, 9.17) is 22.1 Å². The highest BCUT2D eigenvalue weighted by atomic mass is 35.5. The van der Waals surface area contributed by atoms with Gasteiger partial charge in [0.25, 0.3) is 0 Å². The van der Waals surface area contributed by atoms with Gasteiger partial charge >= 0.3 is 0 Å². The van der Waals surface area contributed by atoms with Crippen molar-refractivity contribution in [1.82, 2.24) is 9.55 Å². The van der Waals surface area contributed by atoms with Crippen LogP contribution in [0.4, 0.5) is 5.82 Å². The van der Waals surface area contributed by atoms with Gasteiger partial charge in [0.15, 0.2) is 0 Å². The number of rotatable bonds is 3. The molecule has 0 bridgehead atoms. The third kappa shape index (κ3) is 1.93. The zero-order valence-corrected chi connectivity index (χ0v) is 11.5. The Morgan fingerprint density at radius 3 is 2.72 bits per heavy atom. The number of aryl methyl sites for hydroxylation is 1. The summed E-state index contributed by atoms with van der Waals surface area (Å²) in [5.41, 5.74) is 7.51. The number of ether oxygens (including phenoxy) is 1. The van der Waals surface area contributed by atoms with Crippen LogP contribution in [0.15, 0.2) is 18.2 Å². The lowest BCUT2D eigenvalue weighted by atomic mass is 10.1. The Balaban J connectivity index is 2.69. The van der Waals surface area contributed by atoms with Crippen LogP contribution in [-0.2, 0) is 13.5 Å². The maximum absolute atomic E-state index is 6.23. The number of hydrogen-bond donors (Lipinski definition) is 1. The molecule has 1 aromatic carbocycles. The monoisotopic (exact) mass is 265 g/mol. The number of aromatic nitrogens is 2. The Morgan fingerprint density at radius 2 is 2.17 bits per heavy atom. The van der Waals surface area contributed by atoms with Gasteiger partial charge in [-0.1, -0.05) is 24.6 Å². The highest BCUT2D eigenvalue weighted by molar-refractivity contribution is 6.33. The summed E-state index contributed by atoms with van der Waals surface area (Å²) < 4.78 is 7.20. The van der Waals surface area contributed by atoms with Crippen LogP contribution in [0.25, 0.3) is 11.3 Å². The summed E-state index contributed by atoms with van der Waals surface area (Å²) in [5, 5.41) is 0.585. The van der Waals surface area contributed by atoms with E-state index in [9.17, 15) is 0 Å². The molecule has 18 heavy (non-hydrogen) atoms. The van der Waals surface area contributed by atoms with Gasteiger partial charge in [0.05, 0.1) is 17.7 Å². The van der Waals surface area contributed by atoms with E-state index in [0.29, 0.717) is 22.3 Å². The molecule has 2 aromatic rings. The van der Waals surface area contributed by atoms with Crippen molar-refractivity contribution in [3.05, 3.63) is 29.0 Å². The van der Waals surface area contributed by atoms with Gasteiger partial charge in [-0.2, -0.15) is 0 Å². The van der Waals surface area contributed by atoms with Crippen LogP contribution in [-0.4, -0.2) is 16.7 Å². The van der Waals surface area contributed by atoms with Gasteiger partial charge in [-0.05, 0) is 12.1 Å². The van der Waals surface area contributed by atoms with E-state index in [-0.39, 0.29) is 0 Å². The molecular weight excluding hydrogens is 250 g/mol. The predicted octanol–water partition coefficient (Wildman–Crippen LogP) is 2.89. The van der Waals surface area contributed by atoms with Gasteiger partial charge in [-0.25, -0.2) is 4.98 Å². The lowest BCUT2D eigenvalue weighted by Gasteiger charge is -2.09. The first kappa shape index (κ1) is 12.8. The van der Waals surface area contributed by atoms with Crippen molar-refractivity contribution in [2.24, 2.45) is 7.05 Å². The van der Waals surface area contributed by atoms with E-state index in [0.717, 1.165) is 17.8 Å². The molecule has 0 aliphatic rings. The number of hydrogen-bond acceptors (Lipinski definition) is 3. The first-order chi connectivity index (χ1) is 8.60. The predicted molar refractivity (Wildman–Crippen MR) is 74.0 cm³/mol. The standard InChI is InChI=1S/C13H16ClN3O/c1-4-10-16-12(13(15)17(10)2)11-8(14)6-5-7-9(11)18-3/h5-7H,4,15H2,1-3H3. The van der Waals surface area contributed by atoms with Gasteiger partial charge in [-0.3, -0.25) is 0 Å². The third-order valence-corrected chi connectivity index (χ3v) is 3.30. The normalized spacial score (nSPS) is 10.7. The Hall–Kier alpha value is -1.68. The highest BCUT2D eigenvalue weighted by Crippen LogP contribution is 2.38. The molecule has 4 nitrogen and oxygen atoms in total. The fourth-order valence-corrected chi connectivity index (χ4v) is 2.22. The van der Waals surface area contributed by atoms with E-state index in [1.54, 1.807) is 13.2 Å². The molecule has 1 aromatic heterocycles. The Morgan fingerprint density at radius 1 is 1.44 bits per heavy atom. The summed E-state index contributed by atoms with van der Waals surface area (Å²) in [7, 11) is 3.50. The molecule has 0 aliphatic heterocycles. The number of nitrogens with zero attached hydrogens (tertiary/aromatic N) is 2. The van der Waals surface area contributed by atoms with Crippen molar-refractivity contribution in [2.45, 2.75) is 13.3 Å². The molecule has 2 rings (SSSR count). The topological polar surface area (TPSA) is 53.1 Å². The lowest BCUT2D eigenvalue weighted by Crippen LogP contribution is -2.00. The number of methoxy groups -OCH3 is 1. The molecule has 0 saturated carbocycles. The molecule has 0 atom stereocenters. The molecule has 0 fully saturated rings. The second-order valence-electron chi connectivity index (χ2n) is 3.99. The number of benzene rings is 1. The zero-order chi connectivity index (χ0) is 13.3. The average Bonchev–Trinajstić information content (AvgIpc) is 2.66. The van der Waals surface area contributed by atoms with Gasteiger partial charge < -0.3 is 15.0 Å². The first-order valence-electron chi connectivity index (χ1n) is 5.74. The summed E-state index contributed by atoms with van der Waals surface area (Å²) >= 11 is 6.23. The Labute approximate surface area is 111 Å². The zero-order valence-electron chi connectivity index (χ0n) is 10.7. The number of imidazole rings is 1. The van der Waals surface area contributed by atoms with Crippen molar-refractivity contribution in [3.63, 3.8) is 0 Å². The lowest BCUT2D eigenvalue weighted by molar-refractivity contribution is 0.416. The minimum atomic E-state index is 0.585. The van der Waals surface area contributed by atoms with Crippen LogP contribution in [0.3, 0.4) is 0 Å². The van der Waals surface area contributed by atoms with Crippen LogP contribution in [0, 0.1) is 0 Å². The van der Waals surface area contributed by atoms with Gasteiger partial charge in [-0.15, -0.1) is 0 Å². The molecule has 0 spiro atoms. The molecule has 0 amide bonds. The van der Waals surface area contributed by atoms with Gasteiger partial charge in [0.1, 0.15) is 23.1 Å². The molecule has 0 aliphatic carbocycles. The summed E-state index contributed by atoms with van der Waals surface area (Å²) in [6, 6.07) is 5.49. The van der Waals surface area contributed by atoms with E-state index in [2.05, 4.69) is 4.98 Å². The fraction of sp³-hybridized carbons (Fsp3) is 0.308. The smallest absolute Gasteiger partial charge is 0.131 e. The first-order valence-corrected chi connectivity index (χ1v) is 6.11. The van der Waals surface area contributed by atoms with Crippen LogP contribution >= 0.6 is 11.6 Å². The largest absolute Gasteiger partial charge is 0.496 e. The Bertz CT molecular complexity index is 578. The molecule has 1 heterocycles. The van der Waals surface area contributed by atoms with Crippen molar-refractivity contribution in [1.29, 1.82) is 0 Å². The Kier molecular flexibility index (Phi) is 3.48. The van der Waals surface area contributed by atoms with Crippen LogP contribution in [0.1, 0.15) is 12.7 Å². The minimum Gasteiger partial charge on any atom is -0.496 e. The summed E-state index contributed by atoms with van der Waals surface area (Å²) in [5.74, 6) is 2.19. The van der Waals surface area contributed by atoms with Crippen LogP contribution < -0.4 is 10.5 Å². The number of halogens is 1. The van der Waals surface area contributed by atoms with Crippen molar-refractivity contribution >= 4 is 17.4 Å². The summed E-state index contributed by atoms with van der Waals surface area (Å²) in [6.07, 6.45) is 0.813. The molecule has 96 valence electrons. The summed E-state index contributed by atoms with van der Waals surface area (Å²) in [6.45, 7) is 2.04. The van der Waals surface area contributed by atoms with E-state index >= 15 is 0 Å². The second-order valence-corrected chi connectivity index (χ2v) is 4.40. The average molecular weight is 266 g/mol. The van der Waals surface area contributed by atoms with E-state index in [1.165, 1.54) is 0 Å². The molecule has 0 radical (unpaired) electrons. The van der Waals surface area contributed by atoms with E-state index in [1.807, 2.05) is 30.7 Å². The van der Waals surface area contributed by atoms with Gasteiger partial charge in [0, 0.05) is 13.5 Å². The maximum atomic E-state index is 6.23. The summed E-state index contributed by atoms with van der Waals surface area (Å²) in [4.78, 5) is 4.54. The van der Waals surface area contributed by atoms with Crippen molar-refractivity contribution < 1.29 is 4.74 Å². The number of nitrogens with two attached hydrogens (primary N) is 1. The molecular formula is C13H16ClN3O. The highest BCUT2D eigenvalue weighted by Gasteiger charge is 2.18. The van der Waals surface area contributed by atoms with Gasteiger partial charge in [0.2, 0.25) is 0 Å². The number of nitrogen functional groups attached to an aromatic ring is 1. The van der Waals surface area contributed by atoms with Crippen molar-refractivity contribution in [2.75, 3.05) is 12.8 Å². The second kappa shape index (κ2) is 4.90. The minimum absolute atomic E-state index is 0.585. The molecule has 2 N–H and O–H groups in total. The molecule has 0 saturated heterocycles. The SMILES string of the molecule is CCc1nc(-c2c(Cl)cccc2OC)c(N)n1C. The molecule has 5 heteroatoms. The number of anilines is 1. The van der Waals surface area contributed by atoms with Crippen LogP contribution in [0.2, 0.25) is 5.02 Å². The van der Waals surface area contributed by atoms with Crippen LogP contribution in [0.5, 0.6) is 5.75 Å². The quantitative estimate of drug-likeness (QED) is 0.928. The molecule has 0 unspecified atom stereocenters. The van der Waals surface area contributed by atoms with Crippen molar-refractivity contribution in [3.8, 4) is 17.0 Å².